The lowest BCUT2D eigenvalue weighted by Crippen LogP contribution is -2.34. The molecule has 1 aliphatic rings. The summed E-state index contributed by atoms with van der Waals surface area (Å²) in [4.78, 5) is 16.4. The highest BCUT2D eigenvalue weighted by Gasteiger charge is 2.20. The van der Waals surface area contributed by atoms with E-state index in [1.165, 1.54) is 12.8 Å². The van der Waals surface area contributed by atoms with Gasteiger partial charge in [-0.3, -0.25) is 9.63 Å². The summed E-state index contributed by atoms with van der Waals surface area (Å²) < 4.78 is 0. The molecule has 0 aliphatic heterocycles. The van der Waals surface area contributed by atoms with Gasteiger partial charge < -0.3 is 5.32 Å². The molecule has 0 atom stereocenters. The van der Waals surface area contributed by atoms with Gasteiger partial charge in [0.15, 0.2) is 0 Å². The molecule has 1 aromatic rings. The number of hydrogen-bond donors (Lipinski definition) is 2. The third kappa shape index (κ3) is 4.00. The van der Waals surface area contributed by atoms with Crippen LogP contribution in [0, 0.1) is 0 Å². The van der Waals surface area contributed by atoms with Crippen LogP contribution in [-0.2, 0) is 16.2 Å². The molecule has 0 unspecified atom stereocenters. The molecule has 0 aromatic heterocycles. The Kier molecular flexibility index (Phi) is 3.91. The molecule has 1 amide bonds. The van der Waals surface area contributed by atoms with E-state index in [0.717, 1.165) is 5.56 Å². The SMILES string of the molecule is O=C(CNC1CC1)NOCc1ccccc1. The predicted molar refractivity (Wildman–Crippen MR) is 60.4 cm³/mol. The predicted octanol–water partition coefficient (Wildman–Crippen LogP) is 0.986. The molecular formula is C12H16N2O2. The van der Waals surface area contributed by atoms with E-state index in [-0.39, 0.29) is 5.91 Å². The standard InChI is InChI=1S/C12H16N2O2/c15-12(8-13-11-6-7-11)14-16-9-10-4-2-1-3-5-10/h1-5,11,13H,6-9H2,(H,14,15). The number of carbonyl (C=O) groups excluding carboxylic acids is 1. The molecule has 1 saturated carbocycles. The van der Waals surface area contributed by atoms with Crippen molar-refractivity contribution in [1.82, 2.24) is 10.8 Å². The zero-order chi connectivity index (χ0) is 11.2. The summed E-state index contributed by atoms with van der Waals surface area (Å²) in [5.74, 6) is -0.122. The molecule has 0 bridgehead atoms. The van der Waals surface area contributed by atoms with Gasteiger partial charge in [-0.15, -0.1) is 0 Å². The average molecular weight is 220 g/mol. The minimum atomic E-state index is -0.122. The van der Waals surface area contributed by atoms with Crippen LogP contribution in [0.2, 0.25) is 0 Å². The molecule has 2 rings (SSSR count). The Bertz CT molecular complexity index is 336. The lowest BCUT2D eigenvalue weighted by molar-refractivity contribution is -0.133. The summed E-state index contributed by atoms with van der Waals surface area (Å²) in [6, 6.07) is 10.3. The monoisotopic (exact) mass is 220 g/mol. The van der Waals surface area contributed by atoms with Gasteiger partial charge in [0.05, 0.1) is 13.2 Å². The molecular weight excluding hydrogens is 204 g/mol. The lowest BCUT2D eigenvalue weighted by Gasteiger charge is -2.06. The van der Waals surface area contributed by atoms with Crippen molar-refractivity contribution < 1.29 is 9.63 Å². The second-order valence-corrected chi connectivity index (χ2v) is 3.95. The van der Waals surface area contributed by atoms with Crippen LogP contribution in [0.25, 0.3) is 0 Å². The lowest BCUT2D eigenvalue weighted by atomic mass is 10.2. The minimum absolute atomic E-state index is 0.122. The molecule has 2 N–H and O–H groups in total. The number of hydroxylamine groups is 1. The van der Waals surface area contributed by atoms with Crippen molar-refractivity contribution in [1.29, 1.82) is 0 Å². The maximum absolute atomic E-state index is 11.3. The molecule has 4 nitrogen and oxygen atoms in total. The van der Waals surface area contributed by atoms with E-state index in [9.17, 15) is 4.79 Å². The van der Waals surface area contributed by atoms with Gasteiger partial charge in [-0.25, -0.2) is 5.48 Å². The number of nitrogens with one attached hydrogen (secondary N) is 2. The van der Waals surface area contributed by atoms with Crippen LogP contribution in [0.15, 0.2) is 30.3 Å². The maximum Gasteiger partial charge on any atom is 0.257 e. The van der Waals surface area contributed by atoms with Crippen molar-refractivity contribution in [3.8, 4) is 0 Å². The van der Waals surface area contributed by atoms with Crippen molar-refractivity contribution in [3.63, 3.8) is 0 Å². The highest BCUT2D eigenvalue weighted by Crippen LogP contribution is 2.17. The average Bonchev–Trinajstić information content (AvgIpc) is 3.12. The van der Waals surface area contributed by atoms with E-state index in [1.54, 1.807) is 0 Å². The topological polar surface area (TPSA) is 50.4 Å². The first-order valence-corrected chi connectivity index (χ1v) is 5.52. The molecule has 86 valence electrons. The number of benzene rings is 1. The second kappa shape index (κ2) is 5.63. The first-order valence-electron chi connectivity index (χ1n) is 5.52. The van der Waals surface area contributed by atoms with E-state index in [0.29, 0.717) is 19.2 Å². The van der Waals surface area contributed by atoms with Crippen LogP contribution < -0.4 is 10.8 Å². The van der Waals surface area contributed by atoms with E-state index in [1.807, 2.05) is 30.3 Å². The van der Waals surface area contributed by atoms with Gasteiger partial charge in [0.1, 0.15) is 0 Å². The first-order chi connectivity index (χ1) is 7.84. The van der Waals surface area contributed by atoms with Crippen LogP contribution in [0.1, 0.15) is 18.4 Å². The molecule has 0 heterocycles. The Labute approximate surface area is 94.9 Å². The number of hydrogen-bond acceptors (Lipinski definition) is 3. The largest absolute Gasteiger partial charge is 0.306 e. The smallest absolute Gasteiger partial charge is 0.257 e. The Balaban J connectivity index is 1.58. The van der Waals surface area contributed by atoms with Crippen molar-refractivity contribution in [2.45, 2.75) is 25.5 Å². The van der Waals surface area contributed by atoms with Crippen LogP contribution >= 0.6 is 0 Å². The number of rotatable bonds is 6. The van der Waals surface area contributed by atoms with Crippen LogP contribution in [0.5, 0.6) is 0 Å². The molecule has 4 heteroatoms. The van der Waals surface area contributed by atoms with Crippen LogP contribution in [0.4, 0.5) is 0 Å². The summed E-state index contributed by atoms with van der Waals surface area (Å²) in [5.41, 5.74) is 3.45. The highest BCUT2D eigenvalue weighted by atomic mass is 16.6. The minimum Gasteiger partial charge on any atom is -0.306 e. The zero-order valence-corrected chi connectivity index (χ0v) is 9.11. The Morgan fingerprint density at radius 1 is 1.31 bits per heavy atom. The maximum atomic E-state index is 11.3. The summed E-state index contributed by atoms with van der Waals surface area (Å²) in [6.07, 6.45) is 2.36. The summed E-state index contributed by atoms with van der Waals surface area (Å²) in [7, 11) is 0. The van der Waals surface area contributed by atoms with Crippen LogP contribution in [0.3, 0.4) is 0 Å². The van der Waals surface area contributed by atoms with E-state index in [2.05, 4.69) is 10.8 Å². The third-order valence-corrected chi connectivity index (χ3v) is 2.40. The highest BCUT2D eigenvalue weighted by molar-refractivity contribution is 5.76. The van der Waals surface area contributed by atoms with Gasteiger partial charge in [0.25, 0.3) is 5.91 Å². The van der Waals surface area contributed by atoms with E-state index < -0.39 is 0 Å². The van der Waals surface area contributed by atoms with Gasteiger partial charge in [-0.1, -0.05) is 30.3 Å². The molecule has 0 spiro atoms. The van der Waals surface area contributed by atoms with Crippen molar-refractivity contribution in [2.75, 3.05) is 6.54 Å². The summed E-state index contributed by atoms with van der Waals surface area (Å²) in [5, 5.41) is 3.11. The summed E-state index contributed by atoms with van der Waals surface area (Å²) in [6.45, 7) is 0.732. The molecule has 16 heavy (non-hydrogen) atoms. The first kappa shape index (κ1) is 11.1. The summed E-state index contributed by atoms with van der Waals surface area (Å²) >= 11 is 0. The fourth-order valence-corrected chi connectivity index (χ4v) is 1.33. The van der Waals surface area contributed by atoms with Crippen molar-refractivity contribution in [3.05, 3.63) is 35.9 Å². The van der Waals surface area contributed by atoms with Crippen LogP contribution in [-0.4, -0.2) is 18.5 Å². The van der Waals surface area contributed by atoms with E-state index in [4.69, 9.17) is 4.84 Å². The normalized spacial score (nSPS) is 14.8. The number of amides is 1. The van der Waals surface area contributed by atoms with E-state index >= 15 is 0 Å². The third-order valence-electron chi connectivity index (χ3n) is 2.40. The van der Waals surface area contributed by atoms with Crippen molar-refractivity contribution in [2.24, 2.45) is 0 Å². The zero-order valence-electron chi connectivity index (χ0n) is 9.11. The van der Waals surface area contributed by atoms with Gasteiger partial charge >= 0.3 is 0 Å². The number of carbonyl (C=O) groups is 1. The Hall–Kier alpha value is -1.39. The molecule has 1 aromatic carbocycles. The molecule has 1 fully saturated rings. The fourth-order valence-electron chi connectivity index (χ4n) is 1.33. The van der Waals surface area contributed by atoms with Crippen molar-refractivity contribution >= 4 is 5.91 Å². The quantitative estimate of drug-likeness (QED) is 0.703. The molecule has 0 saturated heterocycles. The van der Waals surface area contributed by atoms with Gasteiger partial charge in [-0.2, -0.15) is 0 Å². The Morgan fingerprint density at radius 3 is 2.75 bits per heavy atom. The second-order valence-electron chi connectivity index (χ2n) is 3.95. The van der Waals surface area contributed by atoms with Gasteiger partial charge in [0.2, 0.25) is 0 Å². The van der Waals surface area contributed by atoms with Gasteiger partial charge in [0, 0.05) is 6.04 Å². The molecule has 1 aliphatic carbocycles. The Morgan fingerprint density at radius 2 is 2.06 bits per heavy atom. The van der Waals surface area contributed by atoms with Gasteiger partial charge in [-0.05, 0) is 18.4 Å². The molecule has 0 radical (unpaired) electrons. The fraction of sp³-hybridized carbons (Fsp3) is 0.417.